The number of rotatable bonds is 2. The summed E-state index contributed by atoms with van der Waals surface area (Å²) in [6.45, 7) is 0.164. The fourth-order valence-corrected chi connectivity index (χ4v) is 1.06. The van der Waals surface area contributed by atoms with Crippen LogP contribution >= 0.6 is 11.6 Å². The fourth-order valence-electron chi connectivity index (χ4n) is 0.882. The molecular formula is C10H8ClNO2. The third kappa shape index (κ3) is 2.41. The van der Waals surface area contributed by atoms with Crippen LogP contribution in [0.4, 0.5) is 0 Å². The number of carbonyl (C=O) groups is 1. The standard InChI is InChI=1S/C10H8ClNO2/c1-2-5-12-10(14)7-3-4-9(13)8(11)6-7/h1,3-4,6,13H,5H2,(H,12,14). The summed E-state index contributed by atoms with van der Waals surface area (Å²) in [7, 11) is 0. The maximum absolute atomic E-state index is 11.3. The van der Waals surface area contributed by atoms with Crippen LogP contribution in [-0.2, 0) is 0 Å². The van der Waals surface area contributed by atoms with E-state index in [-0.39, 0.29) is 23.2 Å². The lowest BCUT2D eigenvalue weighted by Crippen LogP contribution is -2.23. The Kier molecular flexibility index (Phi) is 3.38. The molecule has 0 heterocycles. The molecule has 0 saturated carbocycles. The van der Waals surface area contributed by atoms with Crippen molar-refractivity contribution in [1.82, 2.24) is 5.32 Å². The Morgan fingerprint density at radius 3 is 2.93 bits per heavy atom. The predicted molar refractivity (Wildman–Crippen MR) is 54.3 cm³/mol. The number of carbonyl (C=O) groups excluding carboxylic acids is 1. The third-order valence-electron chi connectivity index (χ3n) is 1.56. The number of amides is 1. The van der Waals surface area contributed by atoms with Crippen LogP contribution < -0.4 is 5.32 Å². The Hall–Kier alpha value is -1.66. The van der Waals surface area contributed by atoms with Crippen molar-refractivity contribution in [1.29, 1.82) is 0 Å². The summed E-state index contributed by atoms with van der Waals surface area (Å²) < 4.78 is 0. The number of phenols is 1. The molecule has 4 heteroatoms. The highest BCUT2D eigenvalue weighted by Gasteiger charge is 2.06. The highest BCUT2D eigenvalue weighted by Crippen LogP contribution is 2.23. The minimum atomic E-state index is -0.315. The minimum Gasteiger partial charge on any atom is -0.506 e. The van der Waals surface area contributed by atoms with Gasteiger partial charge in [-0.1, -0.05) is 17.5 Å². The summed E-state index contributed by atoms with van der Waals surface area (Å²) in [6, 6.07) is 4.20. The van der Waals surface area contributed by atoms with E-state index in [0.717, 1.165) is 0 Å². The van der Waals surface area contributed by atoms with Gasteiger partial charge in [0.15, 0.2) is 0 Å². The number of phenolic OH excluding ortho intramolecular Hbond substituents is 1. The van der Waals surface area contributed by atoms with Crippen LogP contribution in [0, 0.1) is 12.3 Å². The quantitative estimate of drug-likeness (QED) is 0.724. The van der Waals surface area contributed by atoms with Crippen LogP contribution in [0.25, 0.3) is 0 Å². The third-order valence-corrected chi connectivity index (χ3v) is 1.86. The van der Waals surface area contributed by atoms with Gasteiger partial charge in [0.1, 0.15) is 5.75 Å². The topological polar surface area (TPSA) is 49.3 Å². The second-order valence-corrected chi connectivity index (χ2v) is 2.96. The van der Waals surface area contributed by atoms with Crippen molar-refractivity contribution >= 4 is 17.5 Å². The van der Waals surface area contributed by atoms with E-state index in [1.54, 1.807) is 0 Å². The first-order valence-electron chi connectivity index (χ1n) is 3.85. The first kappa shape index (κ1) is 10.4. The average Bonchev–Trinajstić information content (AvgIpc) is 2.18. The molecule has 0 aliphatic rings. The van der Waals surface area contributed by atoms with Crippen molar-refractivity contribution in [2.45, 2.75) is 0 Å². The number of hydrogen-bond acceptors (Lipinski definition) is 2. The molecule has 72 valence electrons. The van der Waals surface area contributed by atoms with Crippen LogP contribution in [0.15, 0.2) is 18.2 Å². The molecule has 0 bridgehead atoms. The molecular weight excluding hydrogens is 202 g/mol. The summed E-state index contributed by atoms with van der Waals surface area (Å²) in [4.78, 5) is 11.3. The van der Waals surface area contributed by atoms with Gasteiger partial charge in [0.05, 0.1) is 11.6 Å². The molecule has 0 fully saturated rings. The summed E-state index contributed by atoms with van der Waals surface area (Å²) in [6.07, 6.45) is 4.98. The number of benzene rings is 1. The Morgan fingerprint density at radius 1 is 1.64 bits per heavy atom. The molecule has 1 rings (SSSR count). The largest absolute Gasteiger partial charge is 0.506 e. The Morgan fingerprint density at radius 2 is 2.36 bits per heavy atom. The molecule has 2 N–H and O–H groups in total. The van der Waals surface area contributed by atoms with Crippen molar-refractivity contribution < 1.29 is 9.90 Å². The highest BCUT2D eigenvalue weighted by molar-refractivity contribution is 6.32. The fraction of sp³-hybridized carbons (Fsp3) is 0.100. The van der Waals surface area contributed by atoms with E-state index in [0.29, 0.717) is 5.56 Å². The smallest absolute Gasteiger partial charge is 0.252 e. The zero-order valence-corrected chi connectivity index (χ0v) is 8.01. The maximum Gasteiger partial charge on any atom is 0.252 e. The van der Waals surface area contributed by atoms with Crippen molar-refractivity contribution in [2.24, 2.45) is 0 Å². The molecule has 0 radical (unpaired) electrons. The van der Waals surface area contributed by atoms with Gasteiger partial charge < -0.3 is 10.4 Å². The van der Waals surface area contributed by atoms with E-state index in [4.69, 9.17) is 23.1 Å². The Bertz CT molecular complexity index is 396. The zero-order valence-electron chi connectivity index (χ0n) is 7.25. The molecule has 0 spiro atoms. The molecule has 0 atom stereocenters. The van der Waals surface area contributed by atoms with Crippen molar-refractivity contribution in [2.75, 3.05) is 6.54 Å². The summed E-state index contributed by atoms with van der Waals surface area (Å²) >= 11 is 5.62. The number of halogens is 1. The molecule has 1 aromatic carbocycles. The molecule has 1 aromatic rings. The number of terminal acetylenes is 1. The van der Waals surface area contributed by atoms with E-state index in [9.17, 15) is 4.79 Å². The van der Waals surface area contributed by atoms with Crippen LogP contribution in [-0.4, -0.2) is 17.6 Å². The van der Waals surface area contributed by atoms with Crippen LogP contribution in [0.5, 0.6) is 5.75 Å². The molecule has 0 aliphatic heterocycles. The molecule has 0 aromatic heterocycles. The SMILES string of the molecule is C#CCNC(=O)c1ccc(O)c(Cl)c1. The Labute approximate surface area is 86.7 Å². The van der Waals surface area contributed by atoms with Crippen LogP contribution in [0.3, 0.4) is 0 Å². The number of aromatic hydroxyl groups is 1. The van der Waals surface area contributed by atoms with E-state index in [1.807, 2.05) is 0 Å². The van der Waals surface area contributed by atoms with E-state index in [2.05, 4.69) is 11.2 Å². The molecule has 1 amide bonds. The van der Waals surface area contributed by atoms with Crippen molar-refractivity contribution in [3.05, 3.63) is 28.8 Å². The van der Waals surface area contributed by atoms with E-state index >= 15 is 0 Å². The first-order valence-corrected chi connectivity index (χ1v) is 4.23. The minimum absolute atomic E-state index is 0.0554. The van der Waals surface area contributed by atoms with Crippen LogP contribution in [0.1, 0.15) is 10.4 Å². The van der Waals surface area contributed by atoms with Crippen molar-refractivity contribution in [3.8, 4) is 18.1 Å². The van der Waals surface area contributed by atoms with Gasteiger partial charge in [-0.25, -0.2) is 0 Å². The second-order valence-electron chi connectivity index (χ2n) is 2.55. The second kappa shape index (κ2) is 4.54. The maximum atomic E-state index is 11.3. The van der Waals surface area contributed by atoms with Gasteiger partial charge in [0, 0.05) is 5.56 Å². The summed E-state index contributed by atoms with van der Waals surface area (Å²) in [5, 5.41) is 11.7. The molecule has 0 saturated heterocycles. The lowest BCUT2D eigenvalue weighted by Gasteiger charge is -2.02. The molecule has 0 unspecified atom stereocenters. The summed E-state index contributed by atoms with van der Waals surface area (Å²) in [5.74, 6) is 1.91. The number of hydrogen-bond donors (Lipinski definition) is 2. The average molecular weight is 210 g/mol. The highest BCUT2D eigenvalue weighted by atomic mass is 35.5. The zero-order chi connectivity index (χ0) is 10.6. The van der Waals surface area contributed by atoms with E-state index in [1.165, 1.54) is 18.2 Å². The molecule has 14 heavy (non-hydrogen) atoms. The van der Waals surface area contributed by atoms with Gasteiger partial charge in [0.2, 0.25) is 0 Å². The van der Waals surface area contributed by atoms with Gasteiger partial charge in [-0.15, -0.1) is 6.42 Å². The van der Waals surface area contributed by atoms with E-state index < -0.39 is 0 Å². The molecule has 3 nitrogen and oxygen atoms in total. The Balaban J connectivity index is 2.82. The first-order chi connectivity index (χ1) is 6.65. The van der Waals surface area contributed by atoms with Gasteiger partial charge in [-0.3, -0.25) is 4.79 Å². The summed E-state index contributed by atoms with van der Waals surface area (Å²) in [5.41, 5.74) is 0.364. The molecule has 0 aliphatic carbocycles. The van der Waals surface area contributed by atoms with Gasteiger partial charge >= 0.3 is 0 Å². The normalized spacial score (nSPS) is 9.14. The van der Waals surface area contributed by atoms with Gasteiger partial charge in [-0.2, -0.15) is 0 Å². The lowest BCUT2D eigenvalue weighted by molar-refractivity contribution is 0.0958. The van der Waals surface area contributed by atoms with Gasteiger partial charge in [-0.05, 0) is 18.2 Å². The lowest BCUT2D eigenvalue weighted by atomic mass is 10.2. The number of nitrogens with one attached hydrogen (secondary N) is 1. The van der Waals surface area contributed by atoms with Gasteiger partial charge in [0.25, 0.3) is 5.91 Å². The predicted octanol–water partition coefficient (Wildman–Crippen LogP) is 1.41. The van der Waals surface area contributed by atoms with Crippen molar-refractivity contribution in [3.63, 3.8) is 0 Å². The van der Waals surface area contributed by atoms with Crippen LogP contribution in [0.2, 0.25) is 5.02 Å². The monoisotopic (exact) mass is 209 g/mol.